The third kappa shape index (κ3) is 3.29. The lowest BCUT2D eigenvalue weighted by molar-refractivity contribution is 0.0937. The number of nitrogens with zero attached hydrogens (tertiary/aromatic N) is 6. The second-order valence-corrected chi connectivity index (χ2v) is 6.18. The lowest BCUT2D eigenvalue weighted by atomic mass is 10.1. The van der Waals surface area contributed by atoms with Crippen LogP contribution in [0.3, 0.4) is 0 Å². The van der Waals surface area contributed by atoms with Crippen LogP contribution in [-0.2, 0) is 0 Å². The van der Waals surface area contributed by atoms with Crippen LogP contribution in [0.15, 0.2) is 47.8 Å². The smallest absolute Gasteiger partial charge is 0.254 e. The van der Waals surface area contributed by atoms with Crippen molar-refractivity contribution in [2.45, 2.75) is 18.5 Å². The zero-order valence-corrected chi connectivity index (χ0v) is 14.1. The Bertz CT molecular complexity index is 884. The maximum Gasteiger partial charge on any atom is 0.254 e. The van der Waals surface area contributed by atoms with Gasteiger partial charge in [-0.1, -0.05) is 5.16 Å². The van der Waals surface area contributed by atoms with Gasteiger partial charge in [0.05, 0.1) is 11.6 Å². The molecule has 26 heavy (non-hydrogen) atoms. The Labute approximate surface area is 149 Å². The number of nitrogens with one attached hydrogen (secondary N) is 1. The van der Waals surface area contributed by atoms with E-state index in [1.54, 1.807) is 12.4 Å². The third-order valence-electron chi connectivity index (χ3n) is 4.37. The van der Waals surface area contributed by atoms with E-state index in [0.717, 1.165) is 5.56 Å². The molecule has 132 valence electrons. The van der Waals surface area contributed by atoms with E-state index in [1.165, 1.54) is 18.7 Å². The Hall–Kier alpha value is -3.20. The van der Waals surface area contributed by atoms with E-state index in [-0.39, 0.29) is 18.0 Å². The van der Waals surface area contributed by atoms with E-state index in [0.29, 0.717) is 30.2 Å². The molecule has 1 aliphatic heterocycles. The molecule has 1 N–H and O–H groups in total. The Morgan fingerprint density at radius 1 is 1.23 bits per heavy atom. The number of pyridine rings is 1. The molecule has 3 aromatic heterocycles. The first-order valence-electron chi connectivity index (χ1n) is 8.21. The standard InChI is InChI=1S/C17H17N7O2/c1-24-9-13(21-16(25)12-7-19-10-20-8-12)6-14(24)17-22-15(23-26-17)11-2-4-18-5-3-11/h2-5,7-8,10,13-14H,6,9H2,1H3,(H,21,25). The van der Waals surface area contributed by atoms with Crippen molar-refractivity contribution in [3.8, 4) is 11.4 Å². The molecule has 0 radical (unpaired) electrons. The van der Waals surface area contributed by atoms with Gasteiger partial charge in [-0.05, 0) is 25.6 Å². The van der Waals surface area contributed by atoms with Crippen molar-refractivity contribution in [2.75, 3.05) is 13.6 Å². The summed E-state index contributed by atoms with van der Waals surface area (Å²) in [6, 6.07) is 3.60. The first-order valence-corrected chi connectivity index (χ1v) is 8.21. The number of hydrogen-bond acceptors (Lipinski definition) is 8. The lowest BCUT2D eigenvalue weighted by Crippen LogP contribution is -2.36. The summed E-state index contributed by atoms with van der Waals surface area (Å²) < 4.78 is 5.46. The summed E-state index contributed by atoms with van der Waals surface area (Å²) in [5.74, 6) is 0.886. The zero-order chi connectivity index (χ0) is 17.9. The average molecular weight is 351 g/mol. The molecule has 9 heteroatoms. The van der Waals surface area contributed by atoms with E-state index in [2.05, 4.69) is 35.3 Å². The number of carbonyl (C=O) groups excluding carboxylic acids is 1. The van der Waals surface area contributed by atoms with E-state index in [9.17, 15) is 4.79 Å². The molecule has 2 atom stereocenters. The number of hydrogen-bond donors (Lipinski definition) is 1. The molecule has 1 saturated heterocycles. The van der Waals surface area contributed by atoms with Gasteiger partial charge in [0.15, 0.2) is 0 Å². The van der Waals surface area contributed by atoms with E-state index in [1.807, 2.05) is 19.2 Å². The maximum absolute atomic E-state index is 12.3. The Morgan fingerprint density at radius 3 is 2.77 bits per heavy atom. The van der Waals surface area contributed by atoms with Crippen LogP contribution < -0.4 is 5.32 Å². The van der Waals surface area contributed by atoms with Crippen LogP contribution >= 0.6 is 0 Å². The van der Waals surface area contributed by atoms with Crippen molar-refractivity contribution in [2.24, 2.45) is 0 Å². The van der Waals surface area contributed by atoms with Crippen LogP contribution in [0.4, 0.5) is 0 Å². The molecule has 2 unspecified atom stereocenters. The van der Waals surface area contributed by atoms with Crippen LogP contribution in [0.5, 0.6) is 0 Å². The van der Waals surface area contributed by atoms with Gasteiger partial charge in [-0.3, -0.25) is 14.7 Å². The van der Waals surface area contributed by atoms with Gasteiger partial charge in [0.2, 0.25) is 11.7 Å². The van der Waals surface area contributed by atoms with E-state index in [4.69, 9.17) is 4.52 Å². The Balaban J connectivity index is 1.44. The van der Waals surface area contributed by atoms with Crippen LogP contribution in [-0.4, -0.2) is 55.5 Å². The summed E-state index contributed by atoms with van der Waals surface area (Å²) in [5, 5.41) is 7.06. The number of likely N-dealkylation sites (N-methyl/N-ethyl adjacent to an activating group) is 1. The molecule has 9 nitrogen and oxygen atoms in total. The molecular formula is C17H17N7O2. The van der Waals surface area contributed by atoms with Gasteiger partial charge in [-0.25, -0.2) is 9.97 Å². The highest BCUT2D eigenvalue weighted by molar-refractivity contribution is 5.93. The molecule has 0 aromatic carbocycles. The van der Waals surface area contributed by atoms with Crippen molar-refractivity contribution < 1.29 is 9.32 Å². The number of carbonyl (C=O) groups is 1. The monoisotopic (exact) mass is 351 g/mol. The van der Waals surface area contributed by atoms with Crippen LogP contribution in [0.25, 0.3) is 11.4 Å². The topological polar surface area (TPSA) is 110 Å². The molecule has 4 heterocycles. The highest BCUT2D eigenvalue weighted by Crippen LogP contribution is 2.30. The molecule has 1 fully saturated rings. The van der Waals surface area contributed by atoms with Gasteiger partial charge in [-0.2, -0.15) is 4.98 Å². The minimum absolute atomic E-state index is 0.0195. The van der Waals surface area contributed by atoms with Gasteiger partial charge < -0.3 is 9.84 Å². The van der Waals surface area contributed by atoms with Gasteiger partial charge in [0, 0.05) is 42.9 Å². The predicted molar refractivity (Wildman–Crippen MR) is 90.8 cm³/mol. The summed E-state index contributed by atoms with van der Waals surface area (Å²) in [6.45, 7) is 0.692. The van der Waals surface area contributed by atoms with Gasteiger partial charge in [0.1, 0.15) is 6.33 Å². The fourth-order valence-electron chi connectivity index (χ4n) is 3.07. The van der Waals surface area contributed by atoms with Gasteiger partial charge in [-0.15, -0.1) is 0 Å². The maximum atomic E-state index is 12.3. The SMILES string of the molecule is CN1CC(NC(=O)c2cncnc2)CC1c1nc(-c2ccncc2)no1. The number of aromatic nitrogens is 5. The normalized spacial score (nSPS) is 20.2. The highest BCUT2D eigenvalue weighted by Gasteiger charge is 2.35. The second-order valence-electron chi connectivity index (χ2n) is 6.18. The van der Waals surface area contributed by atoms with E-state index < -0.39 is 0 Å². The number of rotatable bonds is 4. The van der Waals surface area contributed by atoms with Crippen molar-refractivity contribution >= 4 is 5.91 Å². The summed E-state index contributed by atoms with van der Waals surface area (Å²) in [5.41, 5.74) is 1.29. The Morgan fingerprint density at radius 2 is 2.00 bits per heavy atom. The van der Waals surface area contributed by atoms with Crippen molar-refractivity contribution in [1.29, 1.82) is 0 Å². The minimum Gasteiger partial charge on any atom is -0.348 e. The van der Waals surface area contributed by atoms with Gasteiger partial charge in [0.25, 0.3) is 5.91 Å². The predicted octanol–water partition coefficient (Wildman–Crippen LogP) is 1.10. The quantitative estimate of drug-likeness (QED) is 0.744. The van der Waals surface area contributed by atoms with E-state index >= 15 is 0 Å². The molecule has 3 aromatic rings. The number of likely N-dealkylation sites (tertiary alicyclic amines) is 1. The lowest BCUT2D eigenvalue weighted by Gasteiger charge is -2.14. The number of amides is 1. The zero-order valence-electron chi connectivity index (χ0n) is 14.1. The molecule has 4 rings (SSSR count). The van der Waals surface area contributed by atoms with Crippen molar-refractivity contribution in [3.05, 3.63) is 54.7 Å². The largest absolute Gasteiger partial charge is 0.348 e. The Kier molecular flexibility index (Phi) is 4.36. The third-order valence-corrected chi connectivity index (χ3v) is 4.37. The van der Waals surface area contributed by atoms with Crippen molar-refractivity contribution in [3.63, 3.8) is 0 Å². The second kappa shape index (κ2) is 6.96. The molecule has 1 aliphatic rings. The fourth-order valence-corrected chi connectivity index (χ4v) is 3.07. The first kappa shape index (κ1) is 16.3. The molecular weight excluding hydrogens is 334 g/mol. The molecule has 0 bridgehead atoms. The fraction of sp³-hybridized carbons (Fsp3) is 0.294. The summed E-state index contributed by atoms with van der Waals surface area (Å²) in [7, 11) is 1.97. The summed E-state index contributed by atoms with van der Waals surface area (Å²) in [6.07, 6.45) is 8.45. The molecule has 0 saturated carbocycles. The summed E-state index contributed by atoms with van der Waals surface area (Å²) >= 11 is 0. The van der Waals surface area contributed by atoms with Crippen LogP contribution in [0.2, 0.25) is 0 Å². The summed E-state index contributed by atoms with van der Waals surface area (Å²) in [4.78, 5) is 30.6. The first-order chi connectivity index (χ1) is 12.7. The molecule has 0 aliphatic carbocycles. The molecule has 1 amide bonds. The highest BCUT2D eigenvalue weighted by atomic mass is 16.5. The van der Waals surface area contributed by atoms with Gasteiger partial charge >= 0.3 is 0 Å². The van der Waals surface area contributed by atoms with Crippen molar-refractivity contribution in [1.82, 2.24) is 35.3 Å². The average Bonchev–Trinajstić information content (AvgIpc) is 3.30. The van der Waals surface area contributed by atoms with Crippen LogP contribution in [0.1, 0.15) is 28.7 Å². The molecule has 0 spiro atoms. The minimum atomic E-state index is -0.187. The van der Waals surface area contributed by atoms with Crippen LogP contribution in [0, 0.1) is 0 Å².